The average molecular weight is 299 g/mol. The van der Waals surface area contributed by atoms with E-state index in [0.29, 0.717) is 11.2 Å². The number of halogens is 2. The lowest BCUT2D eigenvalue weighted by Crippen LogP contribution is -2.50. The molecule has 1 N–H and O–H groups in total. The fourth-order valence-corrected chi connectivity index (χ4v) is 2.55. The number of anilines is 1. The van der Waals surface area contributed by atoms with Crippen LogP contribution in [0.5, 0.6) is 0 Å². The molecule has 1 atom stereocenters. The molecule has 1 saturated heterocycles. The van der Waals surface area contributed by atoms with Crippen LogP contribution in [0.2, 0.25) is 5.15 Å². The Balaban J connectivity index is 0.00000133. The Morgan fingerprint density at radius 3 is 2.63 bits per heavy atom. The van der Waals surface area contributed by atoms with E-state index in [2.05, 4.69) is 27.1 Å². The molecule has 0 saturated carbocycles. The number of nitrogens with one attached hydrogen (secondary N) is 1. The van der Waals surface area contributed by atoms with Gasteiger partial charge in [-0.1, -0.05) is 23.7 Å². The molecule has 6 heteroatoms. The highest BCUT2D eigenvalue weighted by molar-refractivity contribution is 6.32. The van der Waals surface area contributed by atoms with Crippen molar-refractivity contribution in [1.29, 1.82) is 0 Å². The third-order valence-corrected chi connectivity index (χ3v) is 3.54. The molecule has 1 unspecified atom stereocenters. The second kappa shape index (κ2) is 5.90. The number of rotatable bonds is 1. The number of hydrogen-bond donors (Lipinski definition) is 1. The molecular weight excluding hydrogens is 283 g/mol. The van der Waals surface area contributed by atoms with Crippen molar-refractivity contribution < 1.29 is 0 Å². The van der Waals surface area contributed by atoms with Gasteiger partial charge in [0.2, 0.25) is 0 Å². The molecule has 0 spiro atoms. The zero-order valence-corrected chi connectivity index (χ0v) is 12.2. The summed E-state index contributed by atoms with van der Waals surface area (Å²) in [6.45, 7) is 4.98. The van der Waals surface area contributed by atoms with Crippen molar-refractivity contribution in [3.05, 3.63) is 29.4 Å². The van der Waals surface area contributed by atoms with Crippen molar-refractivity contribution in [1.82, 2.24) is 15.3 Å². The summed E-state index contributed by atoms with van der Waals surface area (Å²) in [5.41, 5.74) is 1.73. The minimum Gasteiger partial charge on any atom is -0.349 e. The Morgan fingerprint density at radius 2 is 1.95 bits per heavy atom. The maximum absolute atomic E-state index is 6.27. The van der Waals surface area contributed by atoms with Crippen LogP contribution in [0.25, 0.3) is 11.0 Å². The van der Waals surface area contributed by atoms with Gasteiger partial charge in [0.15, 0.2) is 11.0 Å². The summed E-state index contributed by atoms with van der Waals surface area (Å²) in [5, 5.41) is 3.85. The van der Waals surface area contributed by atoms with Crippen LogP contribution >= 0.6 is 24.0 Å². The van der Waals surface area contributed by atoms with Crippen LogP contribution in [-0.4, -0.2) is 35.6 Å². The highest BCUT2D eigenvalue weighted by atomic mass is 35.5. The van der Waals surface area contributed by atoms with Crippen LogP contribution in [0.1, 0.15) is 6.92 Å². The smallest absolute Gasteiger partial charge is 0.172 e. The lowest BCUT2D eigenvalue weighted by atomic mass is 10.2. The van der Waals surface area contributed by atoms with E-state index in [1.807, 2.05) is 24.3 Å². The Morgan fingerprint density at radius 1 is 1.26 bits per heavy atom. The summed E-state index contributed by atoms with van der Waals surface area (Å²) in [6, 6.07) is 8.19. The number of fused-ring (bicyclic) bond motifs is 1. The first-order chi connectivity index (χ1) is 8.75. The Bertz CT molecular complexity index is 576. The molecule has 0 bridgehead atoms. The molecule has 19 heavy (non-hydrogen) atoms. The number of nitrogens with zero attached hydrogens (tertiary/aromatic N) is 3. The van der Waals surface area contributed by atoms with E-state index in [9.17, 15) is 0 Å². The molecule has 1 aliphatic rings. The summed E-state index contributed by atoms with van der Waals surface area (Å²) in [4.78, 5) is 11.3. The van der Waals surface area contributed by atoms with Gasteiger partial charge in [0.05, 0.1) is 11.0 Å². The van der Waals surface area contributed by atoms with Gasteiger partial charge >= 0.3 is 0 Å². The summed E-state index contributed by atoms with van der Waals surface area (Å²) >= 11 is 6.27. The number of piperazine rings is 1. The molecule has 4 nitrogen and oxygen atoms in total. The summed E-state index contributed by atoms with van der Waals surface area (Å²) in [6.07, 6.45) is 0. The monoisotopic (exact) mass is 298 g/mol. The van der Waals surface area contributed by atoms with Crippen molar-refractivity contribution in [2.45, 2.75) is 13.0 Å². The van der Waals surface area contributed by atoms with Gasteiger partial charge in [-0.3, -0.25) is 0 Å². The van der Waals surface area contributed by atoms with Gasteiger partial charge in [-0.2, -0.15) is 0 Å². The minimum atomic E-state index is 0. The zero-order valence-electron chi connectivity index (χ0n) is 10.6. The topological polar surface area (TPSA) is 41.0 Å². The number of hydrogen-bond acceptors (Lipinski definition) is 4. The fourth-order valence-electron chi connectivity index (χ4n) is 2.31. The molecule has 0 radical (unpaired) electrons. The van der Waals surface area contributed by atoms with Crippen LogP contribution < -0.4 is 10.2 Å². The van der Waals surface area contributed by atoms with Crippen molar-refractivity contribution in [3.63, 3.8) is 0 Å². The lowest BCUT2D eigenvalue weighted by Gasteiger charge is -2.35. The maximum Gasteiger partial charge on any atom is 0.172 e. The molecule has 2 aromatic rings. The first kappa shape index (κ1) is 14.3. The van der Waals surface area contributed by atoms with Crippen LogP contribution in [0.4, 0.5) is 5.82 Å². The van der Waals surface area contributed by atoms with Gasteiger partial charge in [-0.05, 0) is 19.1 Å². The SMILES string of the molecule is CC1CNCCN1c1nc2ccccc2nc1Cl.Cl. The van der Waals surface area contributed by atoms with Gasteiger partial charge in [0, 0.05) is 25.7 Å². The number of benzene rings is 1. The Labute approximate surface area is 123 Å². The highest BCUT2D eigenvalue weighted by Gasteiger charge is 2.22. The van der Waals surface area contributed by atoms with E-state index in [1.165, 1.54) is 0 Å². The quantitative estimate of drug-likeness (QED) is 0.878. The van der Waals surface area contributed by atoms with Crippen LogP contribution in [0.3, 0.4) is 0 Å². The largest absolute Gasteiger partial charge is 0.349 e. The third kappa shape index (κ3) is 2.76. The van der Waals surface area contributed by atoms with Gasteiger partial charge in [-0.25, -0.2) is 9.97 Å². The standard InChI is InChI=1S/C13H15ClN4.ClH/c1-9-8-15-6-7-18(9)13-12(14)16-10-4-2-3-5-11(10)17-13;/h2-5,9,15H,6-8H2,1H3;1H. The van der Waals surface area contributed by atoms with Gasteiger partial charge in [0.1, 0.15) is 0 Å². The van der Waals surface area contributed by atoms with E-state index >= 15 is 0 Å². The molecule has 1 fully saturated rings. The molecule has 102 valence electrons. The van der Waals surface area contributed by atoms with Crippen LogP contribution in [-0.2, 0) is 0 Å². The predicted octanol–water partition coefficient (Wildman–Crippen LogP) is 2.50. The predicted molar refractivity (Wildman–Crippen MR) is 81.5 cm³/mol. The molecule has 1 aromatic heterocycles. The van der Waals surface area contributed by atoms with Crippen molar-refractivity contribution in [3.8, 4) is 0 Å². The van der Waals surface area contributed by atoms with Crippen molar-refractivity contribution >= 4 is 40.9 Å². The number of para-hydroxylation sites is 2. The second-order valence-corrected chi connectivity index (χ2v) is 4.93. The second-order valence-electron chi connectivity index (χ2n) is 4.57. The highest BCUT2D eigenvalue weighted by Crippen LogP contribution is 2.26. The first-order valence-corrected chi connectivity index (χ1v) is 6.53. The third-order valence-electron chi connectivity index (χ3n) is 3.28. The van der Waals surface area contributed by atoms with Gasteiger partial charge in [-0.15, -0.1) is 12.4 Å². The maximum atomic E-state index is 6.27. The molecular formula is C13H16Cl2N4. The number of aromatic nitrogens is 2. The van der Waals surface area contributed by atoms with Gasteiger partial charge < -0.3 is 10.2 Å². The molecule has 3 rings (SSSR count). The fraction of sp³-hybridized carbons (Fsp3) is 0.385. The molecule has 0 aliphatic carbocycles. The van der Waals surface area contributed by atoms with Gasteiger partial charge in [0.25, 0.3) is 0 Å². The minimum absolute atomic E-state index is 0. The molecule has 1 aromatic carbocycles. The lowest BCUT2D eigenvalue weighted by molar-refractivity contribution is 0.497. The van der Waals surface area contributed by atoms with E-state index in [4.69, 9.17) is 11.6 Å². The summed E-state index contributed by atoms with van der Waals surface area (Å²) in [5.74, 6) is 0.796. The summed E-state index contributed by atoms with van der Waals surface area (Å²) < 4.78 is 0. The Hall–Kier alpha value is -1.10. The molecule has 1 aliphatic heterocycles. The first-order valence-electron chi connectivity index (χ1n) is 6.15. The average Bonchev–Trinajstić information content (AvgIpc) is 2.39. The summed E-state index contributed by atoms with van der Waals surface area (Å²) in [7, 11) is 0. The van der Waals surface area contributed by atoms with E-state index in [-0.39, 0.29) is 12.4 Å². The molecule has 2 heterocycles. The van der Waals surface area contributed by atoms with Crippen molar-refractivity contribution in [2.24, 2.45) is 0 Å². The normalized spacial score (nSPS) is 19.3. The van der Waals surface area contributed by atoms with Crippen molar-refractivity contribution in [2.75, 3.05) is 24.5 Å². The molecule has 0 amide bonds. The van der Waals surface area contributed by atoms with E-state index < -0.39 is 0 Å². The van der Waals surface area contributed by atoms with Crippen LogP contribution in [0, 0.1) is 0 Å². The zero-order chi connectivity index (χ0) is 12.5. The van der Waals surface area contributed by atoms with E-state index in [1.54, 1.807) is 0 Å². The Kier molecular flexibility index (Phi) is 4.45. The van der Waals surface area contributed by atoms with E-state index in [0.717, 1.165) is 36.5 Å². The van der Waals surface area contributed by atoms with Crippen LogP contribution in [0.15, 0.2) is 24.3 Å².